The lowest BCUT2D eigenvalue weighted by atomic mass is 10.4. The molecule has 19 heavy (non-hydrogen) atoms. The van der Waals surface area contributed by atoms with Gasteiger partial charge in [-0.3, -0.25) is 5.32 Å². The quantitative estimate of drug-likeness (QED) is 0.257. The first-order valence-corrected chi connectivity index (χ1v) is 7.83. The Morgan fingerprint density at radius 1 is 1.26 bits per heavy atom. The number of thiol groups is 1. The van der Waals surface area contributed by atoms with E-state index in [4.69, 9.17) is 14.6 Å². The minimum Gasteiger partial charge on any atom is -0.378 e. The zero-order chi connectivity index (χ0) is 14.5. The highest BCUT2D eigenvalue weighted by Gasteiger charge is 2.06. The number of nitrogens with one attached hydrogen (secondary N) is 2. The van der Waals surface area contributed by atoms with Gasteiger partial charge in [0.2, 0.25) is 0 Å². The molecule has 0 aromatic heterocycles. The Hall–Kier alpha value is -0.0500. The highest BCUT2D eigenvalue weighted by Crippen LogP contribution is 1.91. The van der Waals surface area contributed by atoms with Crippen molar-refractivity contribution in [3.8, 4) is 0 Å². The second-order valence-electron chi connectivity index (χ2n) is 4.32. The molecule has 0 saturated carbocycles. The third kappa shape index (κ3) is 14.2. The number of aliphatic hydroxyl groups is 1. The summed E-state index contributed by atoms with van der Waals surface area (Å²) < 4.78 is 23.7. The highest BCUT2D eigenvalue weighted by atomic mass is 32.1. The predicted molar refractivity (Wildman–Crippen MR) is 80.2 cm³/mol. The summed E-state index contributed by atoms with van der Waals surface area (Å²) in [6.45, 7) is 6.49. The molecule has 0 aliphatic heterocycles. The summed E-state index contributed by atoms with van der Waals surface area (Å²) in [4.78, 5) is 0. The summed E-state index contributed by atoms with van der Waals surface area (Å²) in [7, 11) is 0. The first kappa shape index (κ1) is 18.9. The van der Waals surface area contributed by atoms with Crippen LogP contribution in [0.1, 0.15) is 13.8 Å². The number of alkyl halides is 1. The molecule has 0 aliphatic carbocycles. The molecule has 116 valence electrons. The molecule has 3 N–H and O–H groups in total. The van der Waals surface area contributed by atoms with Crippen molar-refractivity contribution in [2.75, 3.05) is 45.8 Å². The average Bonchev–Trinajstić information content (AvgIpc) is 2.38. The highest BCUT2D eigenvalue weighted by molar-refractivity contribution is 7.97. The Balaban J connectivity index is 3.25. The van der Waals surface area contributed by atoms with Crippen LogP contribution in [0.15, 0.2) is 0 Å². The summed E-state index contributed by atoms with van der Waals surface area (Å²) >= 11 is 0.697. The molecule has 0 aromatic carbocycles. The molecule has 0 fully saturated rings. The van der Waals surface area contributed by atoms with Crippen LogP contribution < -0.4 is 10.6 Å². The van der Waals surface area contributed by atoms with Crippen molar-refractivity contribution in [2.24, 2.45) is 0 Å². The molecular formula is C12H27FN2O3S. The molecule has 0 spiro atoms. The standard InChI is InChI=1S/C12H27FN2O3S/c1-10(2)14-4-5-17-6-7-18-9-11(13)8-15-12(16)19-3/h10-11,14-16,19H,4-9H2,1-3H3. The van der Waals surface area contributed by atoms with Crippen LogP contribution in [0, 0.1) is 0 Å². The fraction of sp³-hybridized carbons (Fsp3) is 0.917. The Morgan fingerprint density at radius 3 is 2.58 bits per heavy atom. The lowest BCUT2D eigenvalue weighted by molar-refractivity contribution is 0.0275. The smallest absolute Gasteiger partial charge is 0.139 e. The zero-order valence-corrected chi connectivity index (χ0v) is 12.9. The van der Waals surface area contributed by atoms with Gasteiger partial charge in [0.1, 0.15) is 11.3 Å². The first-order valence-electron chi connectivity index (χ1n) is 6.48. The molecule has 1 unspecified atom stereocenters. The van der Waals surface area contributed by atoms with Gasteiger partial charge in [0, 0.05) is 19.1 Å². The number of halogens is 1. The molecule has 0 heterocycles. The average molecular weight is 298 g/mol. The fourth-order valence-corrected chi connectivity index (χ4v) is 1.44. The van der Waals surface area contributed by atoms with Crippen LogP contribution in [0.5, 0.6) is 0 Å². The summed E-state index contributed by atoms with van der Waals surface area (Å²) in [6, 6.07) is 0.454. The summed E-state index contributed by atoms with van der Waals surface area (Å²) in [5.41, 5.74) is 0. The SMILES string of the molecule is C/[SH]=C(/O)NCC(F)COCCOCCNC(C)C. The first-order chi connectivity index (χ1) is 9.06. The minimum absolute atomic E-state index is 0.00842. The van der Waals surface area contributed by atoms with E-state index in [1.807, 2.05) is 0 Å². The fourth-order valence-electron chi connectivity index (χ4n) is 1.19. The summed E-state index contributed by atoms with van der Waals surface area (Å²) in [5.74, 6) is 0. The molecular weight excluding hydrogens is 271 g/mol. The van der Waals surface area contributed by atoms with E-state index in [0.29, 0.717) is 37.2 Å². The number of ether oxygens (including phenoxy) is 2. The molecule has 0 saturated heterocycles. The molecule has 0 rings (SSSR count). The maximum atomic E-state index is 13.3. The Bertz CT molecular complexity index is 243. The molecule has 5 nitrogen and oxygen atoms in total. The van der Waals surface area contributed by atoms with E-state index < -0.39 is 6.17 Å². The Kier molecular flexibility index (Phi) is 12.9. The van der Waals surface area contributed by atoms with Crippen LogP contribution in [-0.4, -0.2) is 68.3 Å². The van der Waals surface area contributed by atoms with Gasteiger partial charge in [0.05, 0.1) is 26.4 Å². The van der Waals surface area contributed by atoms with E-state index in [2.05, 4.69) is 24.5 Å². The van der Waals surface area contributed by atoms with Crippen molar-refractivity contribution in [3.63, 3.8) is 0 Å². The van der Waals surface area contributed by atoms with Gasteiger partial charge in [-0.1, -0.05) is 13.8 Å². The maximum Gasteiger partial charge on any atom is 0.139 e. The predicted octanol–water partition coefficient (Wildman–Crippen LogP) is 0.686. The van der Waals surface area contributed by atoms with Gasteiger partial charge < -0.3 is 19.9 Å². The topological polar surface area (TPSA) is 62.8 Å². The third-order valence-corrected chi connectivity index (χ3v) is 2.74. The number of hydrogen-bond donors (Lipinski definition) is 4. The lowest BCUT2D eigenvalue weighted by Crippen LogP contribution is -2.31. The normalized spacial score (nSPS) is 14.5. The van der Waals surface area contributed by atoms with E-state index in [-0.39, 0.29) is 18.3 Å². The van der Waals surface area contributed by atoms with Crippen LogP contribution in [0.3, 0.4) is 0 Å². The second-order valence-corrected chi connectivity index (χ2v) is 5.19. The lowest BCUT2D eigenvalue weighted by Gasteiger charge is -2.11. The van der Waals surface area contributed by atoms with Gasteiger partial charge in [-0.15, -0.1) is 0 Å². The van der Waals surface area contributed by atoms with Crippen LogP contribution in [0.4, 0.5) is 4.39 Å². The van der Waals surface area contributed by atoms with E-state index in [9.17, 15) is 4.39 Å². The van der Waals surface area contributed by atoms with Crippen LogP contribution in [0.25, 0.3) is 0 Å². The number of aliphatic hydroxyl groups excluding tert-OH is 1. The van der Waals surface area contributed by atoms with Gasteiger partial charge in [-0.05, 0) is 6.26 Å². The molecule has 7 heteroatoms. The van der Waals surface area contributed by atoms with E-state index >= 15 is 0 Å². The maximum absolute atomic E-state index is 13.3. The van der Waals surface area contributed by atoms with Crippen LogP contribution in [-0.2, 0) is 9.47 Å². The number of hydrogen-bond acceptors (Lipinski definition) is 3. The van der Waals surface area contributed by atoms with E-state index in [1.54, 1.807) is 6.26 Å². The van der Waals surface area contributed by atoms with Gasteiger partial charge in [-0.25, -0.2) is 4.39 Å². The van der Waals surface area contributed by atoms with Crippen molar-refractivity contribution < 1.29 is 19.0 Å². The van der Waals surface area contributed by atoms with E-state index in [1.165, 1.54) is 0 Å². The van der Waals surface area contributed by atoms with Crippen molar-refractivity contribution in [1.82, 2.24) is 10.6 Å². The van der Waals surface area contributed by atoms with E-state index in [0.717, 1.165) is 6.54 Å². The van der Waals surface area contributed by atoms with Crippen LogP contribution in [0.2, 0.25) is 0 Å². The molecule has 0 aliphatic rings. The van der Waals surface area contributed by atoms with Gasteiger partial charge in [0.25, 0.3) is 0 Å². The van der Waals surface area contributed by atoms with Crippen LogP contribution >= 0.6 is 11.4 Å². The minimum atomic E-state index is -1.13. The van der Waals surface area contributed by atoms with Gasteiger partial charge >= 0.3 is 0 Å². The largest absolute Gasteiger partial charge is 0.378 e. The zero-order valence-electron chi connectivity index (χ0n) is 12.0. The second kappa shape index (κ2) is 13.0. The molecule has 0 radical (unpaired) electrons. The Morgan fingerprint density at radius 2 is 1.95 bits per heavy atom. The monoisotopic (exact) mass is 298 g/mol. The third-order valence-electron chi connectivity index (χ3n) is 2.16. The van der Waals surface area contributed by atoms with Gasteiger partial charge in [0.15, 0.2) is 0 Å². The molecule has 0 bridgehead atoms. The molecule has 0 amide bonds. The summed E-state index contributed by atoms with van der Waals surface area (Å²) in [6.07, 6.45) is 0.629. The number of rotatable bonds is 11. The van der Waals surface area contributed by atoms with Crippen molar-refractivity contribution in [3.05, 3.63) is 0 Å². The van der Waals surface area contributed by atoms with Crippen molar-refractivity contribution in [2.45, 2.75) is 26.1 Å². The molecule has 0 aromatic rings. The summed E-state index contributed by atoms with van der Waals surface area (Å²) in [5, 5.41) is 15.0. The van der Waals surface area contributed by atoms with Crippen molar-refractivity contribution in [1.29, 1.82) is 0 Å². The Labute approximate surface area is 118 Å². The van der Waals surface area contributed by atoms with Crippen molar-refractivity contribution >= 4 is 16.5 Å². The van der Waals surface area contributed by atoms with Gasteiger partial charge in [-0.2, -0.15) is 11.4 Å². The molecule has 1 atom stereocenters.